The van der Waals surface area contributed by atoms with Crippen LogP contribution in [0.15, 0.2) is 48.5 Å². The zero-order valence-corrected chi connectivity index (χ0v) is 14.3. The molecule has 3 rings (SSSR count). The number of fused-ring (bicyclic) bond motifs is 1. The lowest BCUT2D eigenvalue weighted by atomic mass is 10.0. The van der Waals surface area contributed by atoms with Crippen molar-refractivity contribution in [3.8, 4) is 0 Å². The molecule has 1 aliphatic heterocycles. The summed E-state index contributed by atoms with van der Waals surface area (Å²) in [6, 6.07) is 11.8. The van der Waals surface area contributed by atoms with Crippen molar-refractivity contribution in [3.05, 3.63) is 65.2 Å². The number of anilines is 2. The molecule has 0 unspecified atom stereocenters. The molecule has 1 heterocycles. The molecule has 6 heteroatoms. The number of amides is 1. The highest BCUT2D eigenvalue weighted by atomic mass is 19.4. The van der Waals surface area contributed by atoms with Crippen LogP contribution in [0.1, 0.15) is 27.9 Å². The second-order valence-corrected chi connectivity index (χ2v) is 6.32. The number of benzene rings is 2. The maximum atomic E-state index is 12.4. The number of nitrogens with zero attached hydrogens (tertiary/aromatic N) is 1. The van der Waals surface area contributed by atoms with Gasteiger partial charge in [0.2, 0.25) is 0 Å². The van der Waals surface area contributed by atoms with E-state index in [9.17, 15) is 18.0 Å². The number of carbonyl (C=O) groups excluding carboxylic acids is 1. The van der Waals surface area contributed by atoms with Crippen molar-refractivity contribution in [2.24, 2.45) is 0 Å². The normalized spacial score (nSPS) is 14.4. The Morgan fingerprint density at radius 2 is 1.88 bits per heavy atom. The maximum absolute atomic E-state index is 12.4. The molecule has 26 heavy (non-hydrogen) atoms. The average molecular weight is 360 g/mol. The molecule has 0 atom stereocenters. The lowest BCUT2D eigenvalue weighted by Gasteiger charge is -2.28. The van der Waals surface area contributed by atoms with Gasteiger partial charge in [0.1, 0.15) is 0 Å². The number of alkyl halides is 3. The van der Waals surface area contributed by atoms with Gasteiger partial charge in [-0.2, -0.15) is 13.2 Å². The highest BCUT2D eigenvalue weighted by Crippen LogP contribution is 2.29. The van der Waals surface area contributed by atoms with E-state index in [1.54, 1.807) is 0 Å². The van der Waals surface area contributed by atoms with Crippen LogP contribution in [0.25, 0.3) is 6.08 Å². The Bertz CT molecular complexity index is 826. The van der Waals surface area contributed by atoms with Crippen molar-refractivity contribution < 1.29 is 18.0 Å². The van der Waals surface area contributed by atoms with Crippen molar-refractivity contribution in [2.45, 2.75) is 19.0 Å². The Morgan fingerprint density at radius 1 is 1.15 bits per heavy atom. The minimum Gasteiger partial charge on any atom is -0.374 e. The standard InChI is InChI=1S/C20H19F3N2O/c1-25-12-2-3-15-8-9-17(13-18(15)25)24-19(26)16-6-4-14(5-7-16)10-11-20(21,22)23/h4-11,13H,2-3,12H2,1H3,(H,24,26). The highest BCUT2D eigenvalue weighted by Gasteiger charge is 2.21. The number of hydrogen-bond donors (Lipinski definition) is 1. The first-order chi connectivity index (χ1) is 12.3. The van der Waals surface area contributed by atoms with E-state index in [-0.39, 0.29) is 12.0 Å². The molecule has 0 fully saturated rings. The first-order valence-electron chi connectivity index (χ1n) is 8.33. The average Bonchev–Trinajstić information content (AvgIpc) is 2.60. The molecule has 0 spiro atoms. The van der Waals surface area contributed by atoms with Crippen LogP contribution in [0.4, 0.5) is 24.5 Å². The molecule has 3 nitrogen and oxygen atoms in total. The number of halogens is 3. The molecule has 0 bridgehead atoms. The summed E-state index contributed by atoms with van der Waals surface area (Å²) in [5.74, 6) is -0.297. The summed E-state index contributed by atoms with van der Waals surface area (Å²) < 4.78 is 36.6. The lowest BCUT2D eigenvalue weighted by Crippen LogP contribution is -2.24. The van der Waals surface area contributed by atoms with Gasteiger partial charge in [-0.1, -0.05) is 24.3 Å². The van der Waals surface area contributed by atoms with Gasteiger partial charge in [0.15, 0.2) is 0 Å². The van der Waals surface area contributed by atoms with Crippen LogP contribution in [0.3, 0.4) is 0 Å². The summed E-state index contributed by atoms with van der Waals surface area (Å²) in [6.45, 7) is 0.983. The Kier molecular flexibility index (Phi) is 5.02. The van der Waals surface area contributed by atoms with Gasteiger partial charge < -0.3 is 10.2 Å². The molecule has 0 aromatic heterocycles. The second-order valence-electron chi connectivity index (χ2n) is 6.32. The number of carbonyl (C=O) groups is 1. The monoisotopic (exact) mass is 360 g/mol. The SMILES string of the molecule is CN1CCCc2ccc(NC(=O)c3ccc(C=CC(F)(F)F)cc3)cc21. The van der Waals surface area contributed by atoms with Crippen LogP contribution in [0.2, 0.25) is 0 Å². The van der Waals surface area contributed by atoms with Crippen molar-refractivity contribution in [2.75, 3.05) is 23.8 Å². The number of hydrogen-bond acceptors (Lipinski definition) is 2. The molecule has 136 valence electrons. The number of aryl methyl sites for hydroxylation is 1. The molecule has 0 aliphatic carbocycles. The lowest BCUT2D eigenvalue weighted by molar-refractivity contribution is -0.0790. The van der Waals surface area contributed by atoms with Crippen molar-refractivity contribution in [3.63, 3.8) is 0 Å². The molecule has 2 aromatic carbocycles. The largest absolute Gasteiger partial charge is 0.409 e. The summed E-state index contributed by atoms with van der Waals surface area (Å²) in [5.41, 5.74) is 3.84. The first kappa shape index (κ1) is 18.0. The molecule has 0 saturated heterocycles. The third-order valence-corrected chi connectivity index (χ3v) is 4.33. The summed E-state index contributed by atoms with van der Waals surface area (Å²) in [6.07, 6.45) is -1.06. The van der Waals surface area contributed by atoms with Gasteiger partial charge in [-0.05, 0) is 48.2 Å². The summed E-state index contributed by atoms with van der Waals surface area (Å²) in [7, 11) is 2.02. The molecule has 1 aliphatic rings. The van der Waals surface area contributed by atoms with Gasteiger partial charge in [-0.3, -0.25) is 4.79 Å². The van der Waals surface area contributed by atoms with E-state index in [4.69, 9.17) is 0 Å². The zero-order chi connectivity index (χ0) is 18.7. The summed E-state index contributed by atoms with van der Waals surface area (Å²) in [4.78, 5) is 14.5. The van der Waals surface area contributed by atoms with Crippen LogP contribution < -0.4 is 10.2 Å². The van der Waals surface area contributed by atoms with Crippen LogP contribution in [0, 0.1) is 0 Å². The van der Waals surface area contributed by atoms with Gasteiger partial charge in [-0.15, -0.1) is 0 Å². The van der Waals surface area contributed by atoms with Gasteiger partial charge in [0, 0.05) is 36.6 Å². The quantitative estimate of drug-likeness (QED) is 0.845. The Balaban J connectivity index is 1.70. The molecular formula is C20H19F3N2O. The summed E-state index contributed by atoms with van der Waals surface area (Å²) >= 11 is 0. The minimum atomic E-state index is -4.35. The Labute approximate surface area is 150 Å². The van der Waals surface area contributed by atoms with Crippen LogP contribution in [-0.2, 0) is 6.42 Å². The number of rotatable bonds is 3. The molecule has 1 N–H and O–H groups in total. The number of nitrogens with one attached hydrogen (secondary N) is 1. The Hall–Kier alpha value is -2.76. The van der Waals surface area contributed by atoms with E-state index in [1.165, 1.54) is 29.8 Å². The second kappa shape index (κ2) is 7.23. The fourth-order valence-electron chi connectivity index (χ4n) is 2.98. The molecule has 0 saturated carbocycles. The fourth-order valence-corrected chi connectivity index (χ4v) is 2.98. The van der Waals surface area contributed by atoms with E-state index >= 15 is 0 Å². The third-order valence-electron chi connectivity index (χ3n) is 4.33. The summed E-state index contributed by atoms with van der Waals surface area (Å²) in [5, 5.41) is 2.84. The van der Waals surface area contributed by atoms with Gasteiger partial charge in [0.05, 0.1) is 0 Å². The number of allylic oxidation sites excluding steroid dienone is 1. The highest BCUT2D eigenvalue weighted by molar-refractivity contribution is 6.04. The zero-order valence-electron chi connectivity index (χ0n) is 14.3. The van der Waals surface area contributed by atoms with E-state index in [1.807, 2.05) is 25.2 Å². The van der Waals surface area contributed by atoms with E-state index in [0.717, 1.165) is 31.1 Å². The predicted octanol–water partition coefficient (Wildman–Crippen LogP) is 4.90. The van der Waals surface area contributed by atoms with Crippen molar-refractivity contribution >= 4 is 23.4 Å². The first-order valence-corrected chi connectivity index (χ1v) is 8.33. The fraction of sp³-hybridized carbons (Fsp3) is 0.250. The predicted molar refractivity (Wildman–Crippen MR) is 97.5 cm³/mol. The smallest absolute Gasteiger partial charge is 0.374 e. The van der Waals surface area contributed by atoms with Crippen molar-refractivity contribution in [1.82, 2.24) is 0 Å². The molecule has 1 amide bonds. The van der Waals surface area contributed by atoms with Crippen LogP contribution >= 0.6 is 0 Å². The van der Waals surface area contributed by atoms with Crippen LogP contribution in [0.5, 0.6) is 0 Å². The topological polar surface area (TPSA) is 32.3 Å². The molecule has 2 aromatic rings. The van der Waals surface area contributed by atoms with Gasteiger partial charge in [-0.25, -0.2) is 0 Å². The van der Waals surface area contributed by atoms with Crippen molar-refractivity contribution in [1.29, 1.82) is 0 Å². The maximum Gasteiger partial charge on any atom is 0.409 e. The molecular weight excluding hydrogens is 341 g/mol. The third kappa shape index (κ3) is 4.45. The van der Waals surface area contributed by atoms with E-state index < -0.39 is 6.18 Å². The van der Waals surface area contributed by atoms with E-state index in [0.29, 0.717) is 16.8 Å². The Morgan fingerprint density at radius 3 is 2.58 bits per heavy atom. The minimum absolute atomic E-state index is 0.172. The van der Waals surface area contributed by atoms with Gasteiger partial charge in [0.25, 0.3) is 5.91 Å². The van der Waals surface area contributed by atoms with Crippen LogP contribution in [-0.4, -0.2) is 25.7 Å². The molecule has 0 radical (unpaired) electrons. The van der Waals surface area contributed by atoms with Gasteiger partial charge >= 0.3 is 6.18 Å². The van der Waals surface area contributed by atoms with E-state index in [2.05, 4.69) is 10.2 Å².